The minimum absolute atomic E-state index is 0.281. The predicted molar refractivity (Wildman–Crippen MR) is 124 cm³/mol. The Morgan fingerprint density at radius 2 is 1.67 bits per heavy atom. The van der Waals surface area contributed by atoms with Crippen LogP contribution in [0.2, 0.25) is 0 Å². The van der Waals surface area contributed by atoms with E-state index in [-0.39, 0.29) is 5.91 Å². The van der Waals surface area contributed by atoms with E-state index in [1.54, 1.807) is 7.05 Å². The van der Waals surface area contributed by atoms with Crippen molar-refractivity contribution < 1.29 is 4.79 Å². The summed E-state index contributed by atoms with van der Waals surface area (Å²) in [5.41, 5.74) is 16.9. The molecule has 0 radical (unpaired) electrons. The number of nitrogens with one attached hydrogen (secondary N) is 1. The lowest BCUT2D eigenvalue weighted by Crippen LogP contribution is -2.25. The molecule has 156 valence electrons. The predicted octanol–water partition coefficient (Wildman–Crippen LogP) is 2.87. The van der Waals surface area contributed by atoms with Crippen LogP contribution in [-0.4, -0.2) is 25.0 Å². The number of carbonyl (C=O) groups is 1. The maximum atomic E-state index is 12.4. The first-order valence-electron chi connectivity index (χ1n) is 9.66. The summed E-state index contributed by atoms with van der Waals surface area (Å²) in [5.74, 6) is 0.192. The third-order valence-corrected chi connectivity index (χ3v) is 4.42. The van der Waals surface area contributed by atoms with Crippen LogP contribution in [0.3, 0.4) is 0 Å². The second kappa shape index (κ2) is 11.4. The Labute approximate surface area is 178 Å². The molecule has 0 bridgehead atoms. The van der Waals surface area contributed by atoms with Gasteiger partial charge in [-0.3, -0.25) is 14.8 Å². The molecule has 6 nitrogen and oxygen atoms in total. The molecule has 5 N–H and O–H groups in total. The summed E-state index contributed by atoms with van der Waals surface area (Å²) >= 11 is 0. The molecule has 0 saturated carbocycles. The molecular weight excluding hydrogens is 374 g/mol. The van der Waals surface area contributed by atoms with Gasteiger partial charge in [0, 0.05) is 31.6 Å². The fourth-order valence-corrected chi connectivity index (χ4v) is 2.74. The summed E-state index contributed by atoms with van der Waals surface area (Å²) in [7, 11) is 1.64. The number of hydrogen-bond acceptors (Lipinski definition) is 4. The van der Waals surface area contributed by atoms with Gasteiger partial charge in [0.25, 0.3) is 5.91 Å². The lowest BCUT2D eigenvalue weighted by Gasteiger charge is -2.07. The van der Waals surface area contributed by atoms with Crippen molar-refractivity contribution in [3.05, 3.63) is 94.7 Å². The minimum atomic E-state index is -0.281. The number of amidine groups is 1. The molecule has 6 heteroatoms. The van der Waals surface area contributed by atoms with Gasteiger partial charge >= 0.3 is 0 Å². The van der Waals surface area contributed by atoms with Gasteiger partial charge in [0.1, 0.15) is 5.84 Å². The molecule has 1 amide bonds. The Hall–Kier alpha value is -3.67. The van der Waals surface area contributed by atoms with E-state index in [0.29, 0.717) is 24.5 Å². The number of carbonyl (C=O) groups excluding carboxylic acids is 1. The van der Waals surface area contributed by atoms with Crippen molar-refractivity contribution >= 4 is 18.0 Å². The van der Waals surface area contributed by atoms with Crippen molar-refractivity contribution in [3.63, 3.8) is 0 Å². The summed E-state index contributed by atoms with van der Waals surface area (Å²) in [5, 5.41) is 2.84. The highest BCUT2D eigenvalue weighted by Gasteiger charge is 2.07. The highest BCUT2D eigenvalue weighted by Crippen LogP contribution is 2.09. The smallest absolute Gasteiger partial charge is 0.254 e. The Morgan fingerprint density at radius 1 is 1.07 bits per heavy atom. The van der Waals surface area contributed by atoms with E-state index < -0.39 is 0 Å². The van der Waals surface area contributed by atoms with Crippen LogP contribution in [0.4, 0.5) is 0 Å². The van der Waals surface area contributed by atoms with Crippen molar-refractivity contribution in [1.29, 1.82) is 0 Å². The fourth-order valence-electron chi connectivity index (χ4n) is 2.74. The first-order chi connectivity index (χ1) is 14.4. The van der Waals surface area contributed by atoms with Crippen LogP contribution >= 0.6 is 0 Å². The van der Waals surface area contributed by atoms with Gasteiger partial charge < -0.3 is 16.8 Å². The van der Waals surface area contributed by atoms with Crippen LogP contribution < -0.4 is 16.8 Å². The number of aliphatic imine (C=N–C) groups is 2. The van der Waals surface area contributed by atoms with E-state index in [0.717, 1.165) is 28.7 Å². The van der Waals surface area contributed by atoms with Crippen molar-refractivity contribution in [2.24, 2.45) is 21.5 Å². The van der Waals surface area contributed by atoms with Crippen molar-refractivity contribution in [2.75, 3.05) is 7.05 Å². The number of allylic oxidation sites excluding steroid dienone is 1. The lowest BCUT2D eigenvalue weighted by molar-refractivity contribution is -0.117. The molecule has 2 aromatic rings. The van der Waals surface area contributed by atoms with Crippen LogP contribution in [0.25, 0.3) is 0 Å². The standard InChI is InChI=1S/C24H29N5O/c1-17(2)12-18-4-6-19(7-5-18)14-28-16-22(13-25)24(30)29-15-20-8-10-21(11-9-20)23(26)27-3/h4-11,13,16H,1,12,14-15,25H2,2-3H3,(H2,26,27)(H,29,30)/b22-13+,28-16?. The highest BCUT2D eigenvalue weighted by molar-refractivity contribution is 6.12. The van der Waals surface area contributed by atoms with Gasteiger partial charge in [0.05, 0.1) is 12.1 Å². The molecule has 0 aliphatic rings. The molecule has 0 spiro atoms. The molecule has 0 aliphatic heterocycles. The maximum Gasteiger partial charge on any atom is 0.254 e. The van der Waals surface area contributed by atoms with Gasteiger partial charge in [-0.2, -0.15) is 0 Å². The zero-order chi connectivity index (χ0) is 21.9. The van der Waals surface area contributed by atoms with Gasteiger partial charge in [-0.1, -0.05) is 60.7 Å². The van der Waals surface area contributed by atoms with Gasteiger partial charge in [-0.05, 0) is 30.0 Å². The first-order valence-corrected chi connectivity index (χ1v) is 9.66. The first kappa shape index (κ1) is 22.6. The largest absolute Gasteiger partial charge is 0.404 e. The lowest BCUT2D eigenvalue weighted by atomic mass is 10.1. The Bertz CT molecular complexity index is 954. The van der Waals surface area contributed by atoms with Crippen molar-refractivity contribution in [2.45, 2.75) is 26.4 Å². The molecular formula is C24H29N5O. The minimum Gasteiger partial charge on any atom is -0.404 e. The highest BCUT2D eigenvalue weighted by atomic mass is 16.1. The van der Waals surface area contributed by atoms with Crippen LogP contribution in [0, 0.1) is 0 Å². The molecule has 0 fully saturated rings. The van der Waals surface area contributed by atoms with E-state index in [9.17, 15) is 4.79 Å². The van der Waals surface area contributed by atoms with Gasteiger partial charge in [-0.25, -0.2) is 0 Å². The fraction of sp³-hybridized carbons (Fsp3) is 0.208. The third kappa shape index (κ3) is 7.05. The summed E-state index contributed by atoms with van der Waals surface area (Å²) < 4.78 is 0. The second-order valence-electron chi connectivity index (χ2n) is 7.03. The number of nitrogens with two attached hydrogens (primary N) is 2. The topological polar surface area (TPSA) is 106 Å². The van der Waals surface area contributed by atoms with Crippen LogP contribution in [0.5, 0.6) is 0 Å². The summed E-state index contributed by atoms with van der Waals surface area (Å²) in [4.78, 5) is 20.6. The Balaban J connectivity index is 1.87. The molecule has 2 rings (SSSR count). The number of benzene rings is 2. The number of amides is 1. The maximum absolute atomic E-state index is 12.4. The van der Waals surface area contributed by atoms with Gasteiger partial charge in [0.2, 0.25) is 0 Å². The molecule has 0 aromatic heterocycles. The zero-order valence-electron chi connectivity index (χ0n) is 17.6. The van der Waals surface area contributed by atoms with Crippen LogP contribution in [0.15, 0.2) is 82.4 Å². The molecule has 2 aromatic carbocycles. The molecule has 0 saturated heterocycles. The van der Waals surface area contributed by atoms with Gasteiger partial charge in [0.15, 0.2) is 0 Å². The quantitative estimate of drug-likeness (QED) is 0.259. The second-order valence-corrected chi connectivity index (χ2v) is 7.03. The van der Waals surface area contributed by atoms with E-state index >= 15 is 0 Å². The normalized spacial score (nSPS) is 12.2. The monoisotopic (exact) mass is 403 g/mol. The Kier molecular flexibility index (Phi) is 8.56. The number of rotatable bonds is 9. The number of hydrogen-bond donors (Lipinski definition) is 3. The van der Waals surface area contributed by atoms with E-state index in [2.05, 4.69) is 34.0 Å². The molecule has 0 atom stereocenters. The summed E-state index contributed by atoms with van der Waals surface area (Å²) in [6, 6.07) is 15.7. The molecule has 0 heterocycles. The third-order valence-electron chi connectivity index (χ3n) is 4.42. The average Bonchev–Trinajstić information content (AvgIpc) is 2.75. The SMILES string of the molecule is C=C(C)Cc1ccc(CN=C/C(=C\N)C(=O)NCc2ccc(C(N)=NC)cc2)cc1. The van der Waals surface area contributed by atoms with Gasteiger partial charge in [-0.15, -0.1) is 0 Å². The molecule has 0 aliphatic carbocycles. The Morgan fingerprint density at radius 3 is 2.23 bits per heavy atom. The summed E-state index contributed by atoms with van der Waals surface area (Å²) in [6.07, 6.45) is 3.63. The van der Waals surface area contributed by atoms with Crippen LogP contribution in [-0.2, 0) is 24.3 Å². The van der Waals surface area contributed by atoms with E-state index in [1.807, 2.05) is 43.3 Å². The summed E-state index contributed by atoms with van der Waals surface area (Å²) in [6.45, 7) is 6.78. The van der Waals surface area contributed by atoms with E-state index in [4.69, 9.17) is 11.5 Å². The number of nitrogens with zero attached hydrogens (tertiary/aromatic N) is 2. The van der Waals surface area contributed by atoms with Crippen molar-refractivity contribution in [1.82, 2.24) is 5.32 Å². The zero-order valence-corrected chi connectivity index (χ0v) is 17.6. The molecule has 30 heavy (non-hydrogen) atoms. The van der Waals surface area contributed by atoms with Crippen LogP contribution in [0.1, 0.15) is 29.2 Å². The van der Waals surface area contributed by atoms with E-state index in [1.165, 1.54) is 18.0 Å². The average molecular weight is 404 g/mol. The van der Waals surface area contributed by atoms with Crippen molar-refractivity contribution in [3.8, 4) is 0 Å². The molecule has 0 unspecified atom stereocenters.